The quantitative estimate of drug-likeness (QED) is 0.783. The van der Waals surface area contributed by atoms with Crippen LogP contribution in [0.4, 0.5) is 5.69 Å². The van der Waals surface area contributed by atoms with Crippen molar-refractivity contribution in [2.75, 3.05) is 31.7 Å². The van der Waals surface area contributed by atoms with Gasteiger partial charge < -0.3 is 14.8 Å². The van der Waals surface area contributed by atoms with E-state index in [2.05, 4.69) is 5.32 Å². The molecule has 0 aromatic heterocycles. The fraction of sp³-hybridized carbons (Fsp3) is 0.455. The summed E-state index contributed by atoms with van der Waals surface area (Å²) in [4.78, 5) is 0. The molecule has 0 radical (unpaired) electrons. The second-order valence-electron chi connectivity index (χ2n) is 3.44. The Kier molecular flexibility index (Phi) is 3.83. The summed E-state index contributed by atoms with van der Waals surface area (Å²) in [6.07, 6.45) is 0.290. The summed E-state index contributed by atoms with van der Waals surface area (Å²) in [5.74, 6) is 0. The van der Waals surface area contributed by atoms with E-state index < -0.39 is 0 Å². The number of nitrogens with one attached hydrogen (secondary N) is 1. The maximum absolute atomic E-state index is 5.98. The molecule has 0 unspecified atom stereocenters. The van der Waals surface area contributed by atoms with Crippen molar-refractivity contribution in [1.29, 1.82) is 0 Å². The molecule has 0 amide bonds. The van der Waals surface area contributed by atoms with Gasteiger partial charge in [0.25, 0.3) is 0 Å². The van der Waals surface area contributed by atoms with Crippen molar-refractivity contribution < 1.29 is 9.47 Å². The molecule has 0 bridgehead atoms. The van der Waals surface area contributed by atoms with Gasteiger partial charge in [-0.1, -0.05) is 23.7 Å². The number of ether oxygens (including phenoxy) is 2. The van der Waals surface area contributed by atoms with E-state index in [1.807, 2.05) is 24.3 Å². The van der Waals surface area contributed by atoms with Crippen LogP contribution in [-0.4, -0.2) is 32.5 Å². The van der Waals surface area contributed by atoms with E-state index in [-0.39, 0.29) is 6.10 Å². The average molecular weight is 228 g/mol. The molecule has 0 atom stereocenters. The first-order chi connectivity index (χ1) is 7.36. The van der Waals surface area contributed by atoms with Gasteiger partial charge in [0.05, 0.1) is 30.5 Å². The van der Waals surface area contributed by atoms with Crippen LogP contribution in [0.2, 0.25) is 5.02 Å². The molecule has 1 aromatic carbocycles. The van der Waals surface area contributed by atoms with E-state index in [4.69, 9.17) is 21.1 Å². The van der Waals surface area contributed by atoms with Gasteiger partial charge in [0, 0.05) is 6.54 Å². The lowest BCUT2D eigenvalue weighted by Gasteiger charge is -2.26. The van der Waals surface area contributed by atoms with Crippen molar-refractivity contribution in [3.63, 3.8) is 0 Å². The minimum absolute atomic E-state index is 0.290. The third-order valence-corrected chi connectivity index (χ3v) is 2.58. The van der Waals surface area contributed by atoms with E-state index in [1.54, 1.807) is 0 Å². The fourth-order valence-corrected chi connectivity index (χ4v) is 1.53. The molecule has 2 rings (SSSR count). The number of hydrogen-bond acceptors (Lipinski definition) is 3. The van der Waals surface area contributed by atoms with Gasteiger partial charge in [-0.3, -0.25) is 0 Å². The van der Waals surface area contributed by atoms with E-state index in [0.717, 1.165) is 30.5 Å². The second kappa shape index (κ2) is 5.35. The van der Waals surface area contributed by atoms with Crippen LogP contribution in [0.5, 0.6) is 0 Å². The molecule has 1 aliphatic rings. The van der Waals surface area contributed by atoms with Crippen LogP contribution in [0, 0.1) is 0 Å². The highest BCUT2D eigenvalue weighted by Crippen LogP contribution is 2.19. The van der Waals surface area contributed by atoms with Gasteiger partial charge in [-0.2, -0.15) is 0 Å². The van der Waals surface area contributed by atoms with E-state index in [1.165, 1.54) is 0 Å². The topological polar surface area (TPSA) is 30.5 Å². The zero-order chi connectivity index (χ0) is 10.5. The summed E-state index contributed by atoms with van der Waals surface area (Å²) in [6.45, 7) is 2.90. The first kappa shape index (κ1) is 10.7. The van der Waals surface area contributed by atoms with Gasteiger partial charge >= 0.3 is 0 Å². The van der Waals surface area contributed by atoms with E-state index >= 15 is 0 Å². The van der Waals surface area contributed by atoms with Crippen LogP contribution in [0.15, 0.2) is 24.3 Å². The summed E-state index contributed by atoms with van der Waals surface area (Å²) < 4.78 is 10.5. The molecule has 1 aromatic rings. The summed E-state index contributed by atoms with van der Waals surface area (Å²) in [7, 11) is 0. The van der Waals surface area contributed by atoms with Gasteiger partial charge in [-0.15, -0.1) is 0 Å². The Hall–Kier alpha value is -0.770. The number of anilines is 1. The molecule has 15 heavy (non-hydrogen) atoms. The number of para-hydroxylation sites is 1. The second-order valence-corrected chi connectivity index (χ2v) is 3.84. The molecule has 1 N–H and O–H groups in total. The largest absolute Gasteiger partial charge is 0.382 e. The van der Waals surface area contributed by atoms with E-state index in [9.17, 15) is 0 Å². The molecule has 1 heterocycles. The number of rotatable bonds is 5. The Morgan fingerprint density at radius 1 is 1.40 bits per heavy atom. The lowest BCUT2D eigenvalue weighted by molar-refractivity contribution is -0.127. The maximum atomic E-state index is 5.98. The van der Waals surface area contributed by atoms with Gasteiger partial charge in [-0.25, -0.2) is 0 Å². The Labute approximate surface area is 94.3 Å². The third-order valence-electron chi connectivity index (χ3n) is 2.25. The van der Waals surface area contributed by atoms with Gasteiger partial charge in [0.2, 0.25) is 0 Å². The first-order valence-electron chi connectivity index (χ1n) is 5.04. The standard InChI is InChI=1S/C11H14ClNO2/c12-10-3-1-2-4-11(10)13-5-6-15-9-7-14-8-9/h1-4,9,13H,5-8H2. The normalized spacial score (nSPS) is 16.1. The number of halogens is 1. The lowest BCUT2D eigenvalue weighted by Crippen LogP contribution is -2.37. The zero-order valence-electron chi connectivity index (χ0n) is 8.41. The Morgan fingerprint density at radius 3 is 2.87 bits per heavy atom. The summed E-state index contributed by atoms with van der Waals surface area (Å²) in [5.41, 5.74) is 0.952. The Balaban J connectivity index is 1.66. The highest BCUT2D eigenvalue weighted by atomic mass is 35.5. The predicted molar refractivity (Wildman–Crippen MR) is 60.5 cm³/mol. The Morgan fingerprint density at radius 2 is 2.20 bits per heavy atom. The molecular weight excluding hydrogens is 214 g/mol. The molecular formula is C11H14ClNO2. The summed E-state index contributed by atoms with van der Waals surface area (Å²) >= 11 is 5.98. The monoisotopic (exact) mass is 227 g/mol. The van der Waals surface area contributed by atoms with Crippen molar-refractivity contribution in [3.05, 3.63) is 29.3 Å². The average Bonchev–Trinajstić information content (AvgIpc) is 2.17. The van der Waals surface area contributed by atoms with Gasteiger partial charge in [-0.05, 0) is 12.1 Å². The third kappa shape index (κ3) is 3.09. The Bertz CT molecular complexity index is 315. The SMILES string of the molecule is Clc1ccccc1NCCOC1COC1. The molecule has 3 nitrogen and oxygen atoms in total. The van der Waals surface area contributed by atoms with Crippen molar-refractivity contribution >= 4 is 17.3 Å². The smallest absolute Gasteiger partial charge is 0.104 e. The molecule has 0 aliphatic carbocycles. The van der Waals surface area contributed by atoms with Crippen molar-refractivity contribution in [2.24, 2.45) is 0 Å². The summed E-state index contributed by atoms with van der Waals surface area (Å²) in [5, 5.41) is 3.96. The molecule has 0 spiro atoms. The molecule has 1 saturated heterocycles. The number of benzene rings is 1. The van der Waals surface area contributed by atoms with Crippen molar-refractivity contribution in [1.82, 2.24) is 0 Å². The van der Waals surface area contributed by atoms with Crippen LogP contribution < -0.4 is 5.32 Å². The van der Waals surface area contributed by atoms with E-state index in [0.29, 0.717) is 6.61 Å². The first-order valence-corrected chi connectivity index (χ1v) is 5.42. The molecule has 1 aliphatic heterocycles. The minimum Gasteiger partial charge on any atom is -0.382 e. The van der Waals surface area contributed by atoms with Gasteiger partial charge in [0.1, 0.15) is 6.10 Å². The van der Waals surface area contributed by atoms with Crippen molar-refractivity contribution in [2.45, 2.75) is 6.10 Å². The lowest BCUT2D eigenvalue weighted by atomic mass is 10.3. The summed E-state index contributed by atoms with van der Waals surface area (Å²) in [6, 6.07) is 7.68. The van der Waals surface area contributed by atoms with Crippen LogP contribution in [0.3, 0.4) is 0 Å². The highest BCUT2D eigenvalue weighted by Gasteiger charge is 2.17. The molecule has 4 heteroatoms. The minimum atomic E-state index is 0.290. The van der Waals surface area contributed by atoms with Gasteiger partial charge in [0.15, 0.2) is 0 Å². The fourth-order valence-electron chi connectivity index (χ4n) is 1.33. The van der Waals surface area contributed by atoms with Crippen LogP contribution in [0.1, 0.15) is 0 Å². The van der Waals surface area contributed by atoms with Crippen LogP contribution >= 0.6 is 11.6 Å². The zero-order valence-corrected chi connectivity index (χ0v) is 9.17. The maximum Gasteiger partial charge on any atom is 0.104 e. The van der Waals surface area contributed by atoms with Crippen LogP contribution in [-0.2, 0) is 9.47 Å². The highest BCUT2D eigenvalue weighted by molar-refractivity contribution is 6.33. The van der Waals surface area contributed by atoms with Crippen LogP contribution in [0.25, 0.3) is 0 Å². The molecule has 82 valence electrons. The number of hydrogen-bond donors (Lipinski definition) is 1. The van der Waals surface area contributed by atoms with Crippen molar-refractivity contribution in [3.8, 4) is 0 Å². The molecule has 0 saturated carbocycles. The molecule has 1 fully saturated rings. The predicted octanol–water partition coefficient (Wildman–Crippen LogP) is 2.17.